The fraction of sp³-hybridized carbons (Fsp3) is 0.158. The van der Waals surface area contributed by atoms with Gasteiger partial charge in [-0.15, -0.1) is 11.3 Å². The SMILES string of the molecule is Cc1cc(NC(=O)CSc2nc3ccsc3c(=O)n2Cc2ccccc2)no1. The van der Waals surface area contributed by atoms with Crippen LogP contribution in [0.15, 0.2) is 62.3 Å². The highest BCUT2D eigenvalue weighted by molar-refractivity contribution is 7.99. The molecule has 0 aliphatic rings. The number of nitrogens with zero attached hydrogens (tertiary/aromatic N) is 3. The van der Waals surface area contributed by atoms with Crippen molar-refractivity contribution < 1.29 is 9.32 Å². The topological polar surface area (TPSA) is 90.0 Å². The average molecular weight is 412 g/mol. The van der Waals surface area contributed by atoms with Gasteiger partial charge in [0.2, 0.25) is 5.91 Å². The molecular formula is C19H16N4O3S2. The van der Waals surface area contributed by atoms with E-state index in [-0.39, 0.29) is 17.2 Å². The predicted octanol–water partition coefficient (Wildman–Crippen LogP) is 3.53. The molecule has 142 valence electrons. The maximum absolute atomic E-state index is 13.0. The molecule has 0 bridgehead atoms. The molecule has 1 N–H and O–H groups in total. The van der Waals surface area contributed by atoms with Gasteiger partial charge in [0.1, 0.15) is 10.5 Å². The largest absolute Gasteiger partial charge is 0.360 e. The number of carbonyl (C=O) groups excluding carboxylic acids is 1. The number of aromatic nitrogens is 3. The number of benzene rings is 1. The van der Waals surface area contributed by atoms with Gasteiger partial charge < -0.3 is 9.84 Å². The molecule has 7 nitrogen and oxygen atoms in total. The molecule has 0 atom stereocenters. The minimum atomic E-state index is -0.246. The van der Waals surface area contributed by atoms with E-state index in [1.54, 1.807) is 17.6 Å². The van der Waals surface area contributed by atoms with E-state index in [4.69, 9.17) is 4.52 Å². The number of nitrogens with one attached hydrogen (secondary N) is 1. The van der Waals surface area contributed by atoms with Crippen LogP contribution >= 0.6 is 23.1 Å². The van der Waals surface area contributed by atoms with Gasteiger partial charge in [-0.25, -0.2) is 4.98 Å². The summed E-state index contributed by atoms with van der Waals surface area (Å²) in [5.74, 6) is 0.836. The Bertz CT molecular complexity index is 1180. The molecule has 0 radical (unpaired) electrons. The molecule has 9 heteroatoms. The highest BCUT2D eigenvalue weighted by Crippen LogP contribution is 2.22. The number of carbonyl (C=O) groups is 1. The Morgan fingerprint density at radius 1 is 1.29 bits per heavy atom. The number of rotatable bonds is 6. The minimum absolute atomic E-state index is 0.0983. The Balaban J connectivity index is 1.58. The summed E-state index contributed by atoms with van der Waals surface area (Å²) >= 11 is 2.59. The van der Waals surface area contributed by atoms with Gasteiger partial charge in [0.05, 0.1) is 17.8 Å². The summed E-state index contributed by atoms with van der Waals surface area (Å²) in [5.41, 5.74) is 1.54. The molecule has 3 heterocycles. The van der Waals surface area contributed by atoms with Crippen molar-refractivity contribution in [2.75, 3.05) is 11.1 Å². The number of hydrogen-bond acceptors (Lipinski definition) is 7. The van der Waals surface area contributed by atoms with Crippen LogP contribution in [0.3, 0.4) is 0 Å². The number of hydrogen-bond donors (Lipinski definition) is 1. The fourth-order valence-electron chi connectivity index (χ4n) is 2.67. The second kappa shape index (κ2) is 7.99. The molecule has 1 amide bonds. The van der Waals surface area contributed by atoms with Crippen molar-refractivity contribution in [1.29, 1.82) is 0 Å². The van der Waals surface area contributed by atoms with E-state index in [2.05, 4.69) is 15.5 Å². The molecule has 28 heavy (non-hydrogen) atoms. The Morgan fingerprint density at radius 3 is 2.86 bits per heavy atom. The first-order valence-corrected chi connectivity index (χ1v) is 10.3. The maximum Gasteiger partial charge on any atom is 0.272 e. The predicted molar refractivity (Wildman–Crippen MR) is 110 cm³/mol. The molecule has 1 aromatic carbocycles. The van der Waals surface area contributed by atoms with Crippen LogP contribution in [0.5, 0.6) is 0 Å². The number of anilines is 1. The number of thiophene rings is 1. The van der Waals surface area contributed by atoms with Crippen molar-refractivity contribution in [2.45, 2.75) is 18.6 Å². The van der Waals surface area contributed by atoms with Gasteiger partial charge in [-0.3, -0.25) is 14.2 Å². The molecule has 0 saturated carbocycles. The molecular weight excluding hydrogens is 396 g/mol. The van der Waals surface area contributed by atoms with E-state index >= 15 is 0 Å². The summed E-state index contributed by atoms with van der Waals surface area (Å²) in [7, 11) is 0. The number of fused-ring (bicyclic) bond motifs is 1. The highest BCUT2D eigenvalue weighted by atomic mass is 32.2. The summed E-state index contributed by atoms with van der Waals surface area (Å²) in [6.07, 6.45) is 0. The third kappa shape index (κ3) is 4.00. The lowest BCUT2D eigenvalue weighted by molar-refractivity contribution is -0.113. The minimum Gasteiger partial charge on any atom is -0.360 e. The second-order valence-electron chi connectivity index (χ2n) is 6.07. The molecule has 0 saturated heterocycles. The number of thioether (sulfide) groups is 1. The van der Waals surface area contributed by atoms with Crippen LogP contribution in [0.4, 0.5) is 5.82 Å². The number of amides is 1. The van der Waals surface area contributed by atoms with E-state index in [9.17, 15) is 9.59 Å². The maximum atomic E-state index is 13.0. The zero-order valence-electron chi connectivity index (χ0n) is 14.9. The van der Waals surface area contributed by atoms with Crippen LogP contribution in [-0.4, -0.2) is 26.4 Å². The number of aryl methyl sites for hydroxylation is 1. The van der Waals surface area contributed by atoms with Gasteiger partial charge in [-0.05, 0) is 23.9 Å². The first kappa shape index (κ1) is 18.5. The summed E-state index contributed by atoms with van der Waals surface area (Å²) in [4.78, 5) is 29.8. The molecule has 0 fully saturated rings. The summed E-state index contributed by atoms with van der Waals surface area (Å²) in [6.45, 7) is 2.15. The van der Waals surface area contributed by atoms with E-state index in [1.807, 2.05) is 41.8 Å². The lowest BCUT2D eigenvalue weighted by Gasteiger charge is -2.12. The van der Waals surface area contributed by atoms with E-state index in [0.717, 1.165) is 5.56 Å². The van der Waals surface area contributed by atoms with Gasteiger partial charge in [0.15, 0.2) is 11.0 Å². The highest BCUT2D eigenvalue weighted by Gasteiger charge is 2.15. The molecule has 0 aliphatic heterocycles. The van der Waals surface area contributed by atoms with Crippen molar-refractivity contribution in [3.05, 3.63) is 69.5 Å². The lowest BCUT2D eigenvalue weighted by atomic mass is 10.2. The Hall–Kier alpha value is -2.91. The Labute approximate surface area is 168 Å². The smallest absolute Gasteiger partial charge is 0.272 e. The first-order chi connectivity index (χ1) is 13.6. The Morgan fingerprint density at radius 2 is 2.11 bits per heavy atom. The Kier molecular flexibility index (Phi) is 5.27. The molecule has 3 aromatic heterocycles. The van der Waals surface area contributed by atoms with Gasteiger partial charge in [-0.2, -0.15) is 0 Å². The fourth-order valence-corrected chi connectivity index (χ4v) is 4.25. The van der Waals surface area contributed by atoms with Crippen molar-refractivity contribution in [3.63, 3.8) is 0 Å². The average Bonchev–Trinajstić information content (AvgIpc) is 3.32. The second-order valence-corrected chi connectivity index (χ2v) is 7.92. The lowest BCUT2D eigenvalue weighted by Crippen LogP contribution is -2.24. The van der Waals surface area contributed by atoms with Crippen molar-refractivity contribution in [3.8, 4) is 0 Å². The first-order valence-electron chi connectivity index (χ1n) is 8.48. The molecule has 0 unspecified atom stereocenters. The van der Waals surface area contributed by atoms with Crippen molar-refractivity contribution in [1.82, 2.24) is 14.7 Å². The monoisotopic (exact) mass is 412 g/mol. The van der Waals surface area contributed by atoms with Gasteiger partial charge in [0, 0.05) is 6.07 Å². The van der Waals surface area contributed by atoms with Gasteiger partial charge in [-0.1, -0.05) is 47.3 Å². The van der Waals surface area contributed by atoms with Crippen LogP contribution < -0.4 is 10.9 Å². The summed E-state index contributed by atoms with van der Waals surface area (Å²) < 4.78 is 7.17. The third-order valence-corrected chi connectivity index (χ3v) is 5.81. The van der Waals surface area contributed by atoms with Gasteiger partial charge >= 0.3 is 0 Å². The van der Waals surface area contributed by atoms with Crippen LogP contribution in [0.1, 0.15) is 11.3 Å². The standard InChI is InChI=1S/C19H16N4O3S2/c1-12-9-15(22-26-12)21-16(24)11-28-19-20-14-7-8-27-17(14)18(25)23(19)10-13-5-3-2-4-6-13/h2-9H,10-11H2,1H3,(H,21,22,24). The third-order valence-electron chi connectivity index (χ3n) is 3.94. The quantitative estimate of drug-likeness (QED) is 0.385. The van der Waals surface area contributed by atoms with Crippen LogP contribution in [0, 0.1) is 6.92 Å². The van der Waals surface area contributed by atoms with Crippen molar-refractivity contribution >= 4 is 45.0 Å². The normalized spacial score (nSPS) is 11.0. The molecule has 0 spiro atoms. The van der Waals surface area contributed by atoms with Gasteiger partial charge in [0.25, 0.3) is 5.56 Å². The molecule has 0 aliphatic carbocycles. The van der Waals surface area contributed by atoms with Crippen molar-refractivity contribution in [2.24, 2.45) is 0 Å². The molecule has 4 aromatic rings. The van der Waals surface area contributed by atoms with Crippen LogP contribution in [0.2, 0.25) is 0 Å². The van der Waals surface area contributed by atoms with E-state index in [1.165, 1.54) is 23.1 Å². The summed E-state index contributed by atoms with van der Waals surface area (Å²) in [6, 6.07) is 13.2. The summed E-state index contributed by atoms with van der Waals surface area (Å²) in [5, 5.41) is 8.77. The van der Waals surface area contributed by atoms with Crippen LogP contribution in [0.25, 0.3) is 10.2 Å². The zero-order chi connectivity index (χ0) is 19.5. The molecule has 4 rings (SSSR count). The zero-order valence-corrected chi connectivity index (χ0v) is 16.5. The van der Waals surface area contributed by atoms with E-state index < -0.39 is 0 Å². The van der Waals surface area contributed by atoms with Crippen LogP contribution in [-0.2, 0) is 11.3 Å². The van der Waals surface area contributed by atoms with E-state index in [0.29, 0.717) is 33.5 Å².